The molecule has 4 aromatic rings. The van der Waals surface area contributed by atoms with Crippen molar-refractivity contribution in [3.8, 4) is 22.7 Å². The molecule has 7 nitrogen and oxygen atoms in total. The first kappa shape index (κ1) is 20.1. The fraction of sp³-hybridized carbons (Fsp3) is 0.250. The fourth-order valence-electron chi connectivity index (χ4n) is 4.16. The van der Waals surface area contributed by atoms with Crippen LogP contribution in [-0.2, 0) is 6.42 Å². The van der Waals surface area contributed by atoms with Crippen LogP contribution in [0.4, 0.5) is 4.39 Å². The van der Waals surface area contributed by atoms with E-state index in [9.17, 15) is 9.18 Å². The predicted molar refractivity (Wildman–Crippen MR) is 116 cm³/mol. The molecule has 2 aromatic heterocycles. The van der Waals surface area contributed by atoms with Crippen LogP contribution >= 0.6 is 0 Å². The molecule has 0 spiro atoms. The molecule has 8 heteroatoms. The second-order valence-corrected chi connectivity index (χ2v) is 8.01. The minimum atomic E-state index is -0.322. The summed E-state index contributed by atoms with van der Waals surface area (Å²) in [6, 6.07) is 15.7. The number of nitrogens with zero attached hydrogens (tertiary/aromatic N) is 4. The third kappa shape index (κ3) is 4.16. The molecule has 3 heterocycles. The van der Waals surface area contributed by atoms with Crippen LogP contribution in [0.2, 0.25) is 0 Å². The van der Waals surface area contributed by atoms with Crippen molar-refractivity contribution >= 4 is 5.91 Å². The molecule has 1 aliphatic heterocycles. The van der Waals surface area contributed by atoms with Crippen LogP contribution in [-0.4, -0.2) is 44.2 Å². The number of halogens is 1. The Balaban J connectivity index is 1.28. The molecule has 1 amide bonds. The zero-order valence-electron chi connectivity index (χ0n) is 17.4. The Morgan fingerprint density at radius 1 is 1.12 bits per heavy atom. The molecule has 162 valence electrons. The Kier molecular flexibility index (Phi) is 5.49. The normalized spacial score (nSPS) is 16.3. The van der Waals surface area contributed by atoms with Crippen LogP contribution in [0.15, 0.2) is 65.3 Å². The van der Waals surface area contributed by atoms with Gasteiger partial charge >= 0.3 is 0 Å². The molecule has 5 rings (SSSR count). The predicted octanol–water partition coefficient (Wildman–Crippen LogP) is 4.36. The molecule has 1 aliphatic rings. The zero-order valence-corrected chi connectivity index (χ0v) is 17.4. The minimum Gasteiger partial charge on any atom is -0.338 e. The Bertz CT molecular complexity index is 1200. The maximum atomic E-state index is 13.3. The summed E-state index contributed by atoms with van der Waals surface area (Å²) in [6.07, 6.45) is 4.09. The first-order chi connectivity index (χ1) is 15.7. The standard InChI is InChI=1S/C24H22FN5O2/c25-19-10-8-17(9-11-19)22-20(14-26-28-22)24(31)30-12-4-5-16(15-30)13-21-27-23(32-29-21)18-6-2-1-3-7-18/h1-3,6-11,14,16H,4-5,12-13,15H2,(H,26,28). The summed E-state index contributed by atoms with van der Waals surface area (Å²) in [5.41, 5.74) is 2.70. The van der Waals surface area contributed by atoms with E-state index in [1.165, 1.54) is 18.3 Å². The zero-order chi connectivity index (χ0) is 21.9. The summed E-state index contributed by atoms with van der Waals surface area (Å²) in [7, 11) is 0. The van der Waals surface area contributed by atoms with Gasteiger partial charge in [0.25, 0.3) is 11.8 Å². The number of aromatic nitrogens is 4. The van der Waals surface area contributed by atoms with Crippen molar-refractivity contribution in [3.63, 3.8) is 0 Å². The number of carbonyl (C=O) groups is 1. The lowest BCUT2D eigenvalue weighted by molar-refractivity contribution is 0.0672. The van der Waals surface area contributed by atoms with E-state index in [2.05, 4.69) is 20.3 Å². The second kappa shape index (κ2) is 8.74. The van der Waals surface area contributed by atoms with Crippen molar-refractivity contribution < 1.29 is 13.7 Å². The number of benzene rings is 2. The van der Waals surface area contributed by atoms with E-state index < -0.39 is 0 Å². The number of likely N-dealkylation sites (tertiary alicyclic amines) is 1. The number of piperidine rings is 1. The third-order valence-electron chi connectivity index (χ3n) is 5.77. The summed E-state index contributed by atoms with van der Waals surface area (Å²) in [4.78, 5) is 19.6. The SMILES string of the molecule is O=C(c1cn[nH]c1-c1ccc(F)cc1)N1CCCC(Cc2noc(-c3ccccc3)n2)C1. The van der Waals surface area contributed by atoms with E-state index in [4.69, 9.17) is 4.52 Å². The highest BCUT2D eigenvalue weighted by Gasteiger charge is 2.28. The highest BCUT2D eigenvalue weighted by molar-refractivity contribution is 5.99. The lowest BCUT2D eigenvalue weighted by atomic mass is 9.94. The number of H-pyrrole nitrogens is 1. The smallest absolute Gasteiger partial charge is 0.257 e. The summed E-state index contributed by atoms with van der Waals surface area (Å²) >= 11 is 0. The van der Waals surface area contributed by atoms with Crippen LogP contribution in [0, 0.1) is 11.7 Å². The van der Waals surface area contributed by atoms with Crippen molar-refractivity contribution in [2.24, 2.45) is 5.92 Å². The molecule has 0 bridgehead atoms. The second-order valence-electron chi connectivity index (χ2n) is 8.01. The molecule has 0 radical (unpaired) electrons. The van der Waals surface area contributed by atoms with Crippen molar-refractivity contribution in [1.82, 2.24) is 25.2 Å². The van der Waals surface area contributed by atoms with E-state index in [0.29, 0.717) is 42.5 Å². The van der Waals surface area contributed by atoms with Gasteiger partial charge in [0.15, 0.2) is 5.82 Å². The molecule has 1 N–H and O–H groups in total. The number of hydrogen-bond donors (Lipinski definition) is 1. The molecule has 0 aliphatic carbocycles. The van der Waals surface area contributed by atoms with Crippen LogP contribution in [0.1, 0.15) is 29.0 Å². The Hall–Kier alpha value is -3.81. The molecule has 1 fully saturated rings. The molecule has 1 saturated heterocycles. The van der Waals surface area contributed by atoms with Crippen LogP contribution in [0.25, 0.3) is 22.7 Å². The molecule has 32 heavy (non-hydrogen) atoms. The van der Waals surface area contributed by atoms with Gasteiger partial charge in [0.05, 0.1) is 17.5 Å². The van der Waals surface area contributed by atoms with Gasteiger partial charge in [0.1, 0.15) is 5.82 Å². The summed E-state index contributed by atoms with van der Waals surface area (Å²) in [5.74, 6) is 0.998. The molecule has 2 aromatic carbocycles. The van der Waals surface area contributed by atoms with E-state index >= 15 is 0 Å². The topological polar surface area (TPSA) is 87.9 Å². The number of amides is 1. The largest absolute Gasteiger partial charge is 0.338 e. The quantitative estimate of drug-likeness (QED) is 0.507. The average Bonchev–Trinajstić information content (AvgIpc) is 3.50. The van der Waals surface area contributed by atoms with Crippen molar-refractivity contribution in [2.45, 2.75) is 19.3 Å². The van der Waals surface area contributed by atoms with E-state index in [1.54, 1.807) is 12.1 Å². The Morgan fingerprint density at radius 2 is 1.94 bits per heavy atom. The van der Waals surface area contributed by atoms with E-state index in [0.717, 1.165) is 24.0 Å². The summed E-state index contributed by atoms with van der Waals surface area (Å²) in [6.45, 7) is 1.30. The van der Waals surface area contributed by atoms with Gasteiger partial charge in [-0.2, -0.15) is 10.1 Å². The average molecular weight is 431 g/mol. The van der Waals surface area contributed by atoms with Gasteiger partial charge in [-0.3, -0.25) is 9.89 Å². The molecular formula is C24H22FN5O2. The van der Waals surface area contributed by atoms with Crippen molar-refractivity contribution in [3.05, 3.63) is 78.0 Å². The number of carbonyl (C=O) groups excluding carboxylic acids is 1. The first-order valence-electron chi connectivity index (χ1n) is 10.6. The van der Waals surface area contributed by atoms with Crippen molar-refractivity contribution in [2.75, 3.05) is 13.1 Å². The van der Waals surface area contributed by atoms with E-state index in [1.807, 2.05) is 35.2 Å². The molecule has 1 atom stereocenters. The number of rotatable bonds is 5. The maximum absolute atomic E-state index is 13.3. The lowest BCUT2D eigenvalue weighted by Crippen LogP contribution is -2.40. The Morgan fingerprint density at radius 3 is 2.75 bits per heavy atom. The van der Waals surface area contributed by atoms with Crippen LogP contribution in [0.5, 0.6) is 0 Å². The number of nitrogens with one attached hydrogen (secondary N) is 1. The van der Waals surface area contributed by atoms with Gasteiger partial charge in [-0.1, -0.05) is 23.4 Å². The van der Waals surface area contributed by atoms with Gasteiger partial charge < -0.3 is 9.42 Å². The lowest BCUT2D eigenvalue weighted by Gasteiger charge is -2.32. The van der Waals surface area contributed by atoms with Gasteiger partial charge in [-0.25, -0.2) is 4.39 Å². The van der Waals surface area contributed by atoms with E-state index in [-0.39, 0.29) is 17.6 Å². The molecular weight excluding hydrogens is 409 g/mol. The highest BCUT2D eigenvalue weighted by Crippen LogP contribution is 2.26. The maximum Gasteiger partial charge on any atom is 0.257 e. The summed E-state index contributed by atoms with van der Waals surface area (Å²) in [5, 5.41) is 11.1. The van der Waals surface area contributed by atoms with Gasteiger partial charge in [0, 0.05) is 30.6 Å². The minimum absolute atomic E-state index is 0.0825. The molecule has 1 unspecified atom stereocenters. The van der Waals surface area contributed by atoms with Gasteiger partial charge in [0.2, 0.25) is 0 Å². The van der Waals surface area contributed by atoms with Gasteiger partial charge in [-0.15, -0.1) is 0 Å². The first-order valence-corrected chi connectivity index (χ1v) is 10.6. The Labute approximate surface area is 184 Å². The number of aromatic amines is 1. The summed E-state index contributed by atoms with van der Waals surface area (Å²) < 4.78 is 18.7. The van der Waals surface area contributed by atoms with Gasteiger partial charge in [-0.05, 0) is 55.2 Å². The number of hydrogen-bond acceptors (Lipinski definition) is 5. The highest BCUT2D eigenvalue weighted by atomic mass is 19.1. The fourth-order valence-corrected chi connectivity index (χ4v) is 4.16. The third-order valence-corrected chi connectivity index (χ3v) is 5.77. The molecule has 0 saturated carbocycles. The van der Waals surface area contributed by atoms with Crippen LogP contribution in [0.3, 0.4) is 0 Å². The van der Waals surface area contributed by atoms with Crippen molar-refractivity contribution in [1.29, 1.82) is 0 Å². The van der Waals surface area contributed by atoms with Crippen LogP contribution < -0.4 is 0 Å². The monoisotopic (exact) mass is 431 g/mol.